The highest BCUT2D eigenvalue weighted by molar-refractivity contribution is 7.92. The Morgan fingerprint density at radius 2 is 1.67 bits per heavy atom. The van der Waals surface area contributed by atoms with Crippen LogP contribution in [0.4, 0.5) is 10.1 Å². The Labute approximate surface area is 234 Å². The lowest BCUT2D eigenvalue weighted by Crippen LogP contribution is -2.54. The molecule has 0 fully saturated rings. The van der Waals surface area contributed by atoms with Gasteiger partial charge in [-0.1, -0.05) is 73.1 Å². The fourth-order valence-corrected chi connectivity index (χ4v) is 5.09. The van der Waals surface area contributed by atoms with Crippen LogP contribution in [-0.4, -0.2) is 50.0 Å². The number of carbonyl (C=O) groups excluding carboxylic acids is 2. The molecule has 0 unspecified atom stereocenters. The van der Waals surface area contributed by atoms with Crippen LogP contribution in [0, 0.1) is 5.82 Å². The zero-order valence-corrected chi connectivity index (χ0v) is 23.8. The van der Waals surface area contributed by atoms with Crippen LogP contribution >= 0.6 is 11.6 Å². The molecule has 0 aliphatic rings. The number of anilines is 1. The van der Waals surface area contributed by atoms with Crippen molar-refractivity contribution in [1.82, 2.24) is 10.2 Å². The maximum absolute atomic E-state index is 14.0. The monoisotopic (exact) mass is 573 g/mol. The molecule has 39 heavy (non-hydrogen) atoms. The molecule has 2 atom stereocenters. The molecular weight excluding hydrogens is 541 g/mol. The number of carbonyl (C=O) groups is 2. The van der Waals surface area contributed by atoms with Gasteiger partial charge < -0.3 is 10.2 Å². The second-order valence-corrected chi connectivity index (χ2v) is 11.7. The number of hydrogen-bond acceptors (Lipinski definition) is 4. The predicted molar refractivity (Wildman–Crippen MR) is 152 cm³/mol. The highest BCUT2D eigenvalue weighted by atomic mass is 35.5. The maximum Gasteiger partial charge on any atom is 0.244 e. The van der Waals surface area contributed by atoms with Gasteiger partial charge in [0.2, 0.25) is 21.8 Å². The van der Waals surface area contributed by atoms with E-state index in [0.717, 1.165) is 22.2 Å². The summed E-state index contributed by atoms with van der Waals surface area (Å²) >= 11 is 6.43. The first kappa shape index (κ1) is 30.1. The van der Waals surface area contributed by atoms with Crippen molar-refractivity contribution in [1.29, 1.82) is 0 Å². The lowest BCUT2D eigenvalue weighted by molar-refractivity contribution is -0.140. The fourth-order valence-electron chi connectivity index (χ4n) is 4.05. The van der Waals surface area contributed by atoms with Crippen LogP contribution in [0.3, 0.4) is 0 Å². The van der Waals surface area contributed by atoms with E-state index in [1.807, 2.05) is 44.2 Å². The van der Waals surface area contributed by atoms with Gasteiger partial charge in [-0.2, -0.15) is 0 Å². The van der Waals surface area contributed by atoms with Gasteiger partial charge in [-0.3, -0.25) is 13.9 Å². The Morgan fingerprint density at radius 1 is 1.00 bits per heavy atom. The first-order valence-electron chi connectivity index (χ1n) is 12.6. The molecule has 0 radical (unpaired) electrons. The molecule has 7 nitrogen and oxygen atoms in total. The number of halogens is 2. The summed E-state index contributed by atoms with van der Waals surface area (Å²) in [5.74, 6) is -1.65. The highest BCUT2D eigenvalue weighted by Gasteiger charge is 2.33. The third kappa shape index (κ3) is 8.53. The minimum Gasteiger partial charge on any atom is -0.352 e. The average Bonchev–Trinajstić information content (AvgIpc) is 2.89. The molecule has 0 spiro atoms. The molecule has 0 aromatic heterocycles. The van der Waals surface area contributed by atoms with E-state index < -0.39 is 34.3 Å². The summed E-state index contributed by atoms with van der Waals surface area (Å²) in [7, 11) is -3.98. The van der Waals surface area contributed by atoms with E-state index in [2.05, 4.69) is 5.32 Å². The van der Waals surface area contributed by atoms with E-state index in [-0.39, 0.29) is 30.6 Å². The predicted octanol–water partition coefficient (Wildman–Crippen LogP) is 4.80. The smallest absolute Gasteiger partial charge is 0.244 e. The Bertz CT molecular complexity index is 1390. The van der Waals surface area contributed by atoms with Crippen LogP contribution in [0.15, 0.2) is 78.9 Å². The van der Waals surface area contributed by atoms with Crippen LogP contribution in [0.25, 0.3) is 0 Å². The van der Waals surface area contributed by atoms with Crippen molar-refractivity contribution >= 4 is 39.1 Å². The normalized spacial score (nSPS) is 12.8. The summed E-state index contributed by atoms with van der Waals surface area (Å²) < 4.78 is 40.3. The van der Waals surface area contributed by atoms with E-state index in [0.29, 0.717) is 17.0 Å². The van der Waals surface area contributed by atoms with Gasteiger partial charge in [0.15, 0.2) is 0 Å². The van der Waals surface area contributed by atoms with Crippen molar-refractivity contribution in [2.24, 2.45) is 0 Å². The van der Waals surface area contributed by atoms with E-state index in [4.69, 9.17) is 11.6 Å². The number of benzene rings is 3. The summed E-state index contributed by atoms with van der Waals surface area (Å²) in [6.45, 7) is 3.14. The minimum atomic E-state index is -3.98. The van der Waals surface area contributed by atoms with E-state index in [9.17, 15) is 22.4 Å². The Balaban J connectivity index is 2.07. The van der Waals surface area contributed by atoms with Crippen molar-refractivity contribution in [2.75, 3.05) is 17.1 Å². The van der Waals surface area contributed by atoms with Gasteiger partial charge in [-0.05, 0) is 48.7 Å². The molecule has 10 heteroatoms. The topological polar surface area (TPSA) is 86.8 Å². The largest absolute Gasteiger partial charge is 0.352 e. The zero-order chi connectivity index (χ0) is 28.6. The van der Waals surface area contributed by atoms with Gasteiger partial charge in [0, 0.05) is 24.0 Å². The number of rotatable bonds is 12. The molecule has 0 saturated heterocycles. The summed E-state index contributed by atoms with van der Waals surface area (Å²) in [6.07, 6.45) is 1.82. The van der Waals surface area contributed by atoms with Crippen LogP contribution in [0.2, 0.25) is 5.02 Å². The molecule has 3 aromatic carbocycles. The second kappa shape index (κ2) is 13.6. The minimum absolute atomic E-state index is 0.00668. The summed E-state index contributed by atoms with van der Waals surface area (Å²) in [4.78, 5) is 28.9. The van der Waals surface area contributed by atoms with Gasteiger partial charge in [-0.15, -0.1) is 0 Å². The summed E-state index contributed by atoms with van der Waals surface area (Å²) in [5, 5.41) is 3.36. The van der Waals surface area contributed by atoms with Gasteiger partial charge in [0.1, 0.15) is 18.4 Å². The third-order valence-corrected chi connectivity index (χ3v) is 7.86. The Morgan fingerprint density at radius 3 is 2.28 bits per heavy atom. The molecule has 208 valence electrons. The number of sulfonamides is 1. The van der Waals surface area contributed by atoms with Crippen molar-refractivity contribution < 1.29 is 22.4 Å². The van der Waals surface area contributed by atoms with Gasteiger partial charge in [-0.25, -0.2) is 12.8 Å². The van der Waals surface area contributed by atoms with Crippen LogP contribution in [0.5, 0.6) is 0 Å². The number of hydrogen-bond donors (Lipinski definition) is 1. The van der Waals surface area contributed by atoms with E-state index in [1.165, 1.54) is 23.1 Å². The lowest BCUT2D eigenvalue weighted by atomic mass is 10.0. The molecule has 2 amide bonds. The second-order valence-electron chi connectivity index (χ2n) is 9.39. The van der Waals surface area contributed by atoms with Crippen molar-refractivity contribution in [3.05, 3.63) is 101 Å². The van der Waals surface area contributed by atoms with Gasteiger partial charge in [0.05, 0.1) is 11.9 Å². The molecule has 0 bridgehead atoms. The summed E-state index contributed by atoms with van der Waals surface area (Å²) in [6, 6.07) is 20.1. The van der Waals surface area contributed by atoms with Crippen LogP contribution in [-0.2, 0) is 32.6 Å². The number of amides is 2. The summed E-state index contributed by atoms with van der Waals surface area (Å²) in [5.41, 5.74) is 1.43. The molecule has 0 saturated carbocycles. The first-order valence-corrected chi connectivity index (χ1v) is 14.8. The van der Waals surface area contributed by atoms with Gasteiger partial charge >= 0.3 is 0 Å². The van der Waals surface area contributed by atoms with Crippen LogP contribution < -0.4 is 9.62 Å². The molecular formula is C29H33ClFN3O4S. The molecule has 3 rings (SSSR count). The number of nitrogens with zero attached hydrogens (tertiary/aromatic N) is 2. The average molecular weight is 574 g/mol. The highest BCUT2D eigenvalue weighted by Crippen LogP contribution is 2.23. The van der Waals surface area contributed by atoms with Gasteiger partial charge in [0.25, 0.3) is 0 Å². The van der Waals surface area contributed by atoms with E-state index in [1.54, 1.807) is 24.3 Å². The van der Waals surface area contributed by atoms with Crippen molar-refractivity contribution in [3.63, 3.8) is 0 Å². The first-order chi connectivity index (χ1) is 18.5. The van der Waals surface area contributed by atoms with Crippen molar-refractivity contribution in [3.8, 4) is 0 Å². The van der Waals surface area contributed by atoms with Crippen molar-refractivity contribution in [2.45, 2.75) is 45.3 Å². The Kier molecular flexibility index (Phi) is 10.5. The standard InChI is InChI=1S/C29H33ClFN3O4S/c1-4-21(2)32-29(36)27(17-22-11-6-5-7-12-22)33(19-23-13-8-9-16-26(23)30)28(35)20-34(39(3,37)38)25-15-10-14-24(31)18-25/h5-16,18,21,27H,4,17,19-20H2,1-3H3,(H,32,36)/t21-,27-/m0/s1. The molecule has 0 heterocycles. The molecule has 0 aliphatic heterocycles. The van der Waals surface area contributed by atoms with E-state index >= 15 is 0 Å². The quantitative estimate of drug-likeness (QED) is 0.337. The number of nitrogens with one attached hydrogen (secondary N) is 1. The lowest BCUT2D eigenvalue weighted by Gasteiger charge is -2.34. The zero-order valence-electron chi connectivity index (χ0n) is 22.2. The SMILES string of the molecule is CC[C@H](C)NC(=O)[C@H](Cc1ccccc1)N(Cc1ccccc1Cl)C(=O)CN(c1cccc(F)c1)S(C)(=O)=O. The van der Waals surface area contributed by atoms with Crippen LogP contribution in [0.1, 0.15) is 31.4 Å². The molecule has 1 N–H and O–H groups in total. The molecule has 3 aromatic rings. The fraction of sp³-hybridized carbons (Fsp3) is 0.310. The third-order valence-electron chi connectivity index (χ3n) is 6.35. The molecule has 0 aliphatic carbocycles. The Hall–Kier alpha value is -3.43. The maximum atomic E-state index is 14.0.